The minimum absolute atomic E-state index is 0.106. The van der Waals surface area contributed by atoms with Crippen molar-refractivity contribution in [3.05, 3.63) is 70.8 Å². The molecule has 0 heterocycles. The molecule has 2 nitrogen and oxygen atoms in total. The molecule has 1 atom stereocenters. The van der Waals surface area contributed by atoms with Gasteiger partial charge in [0.15, 0.2) is 5.78 Å². The van der Waals surface area contributed by atoms with Gasteiger partial charge < -0.3 is 5.73 Å². The van der Waals surface area contributed by atoms with E-state index in [4.69, 9.17) is 5.73 Å². The Morgan fingerprint density at radius 2 is 1.79 bits per heavy atom. The lowest BCUT2D eigenvalue weighted by Crippen LogP contribution is -2.22. The van der Waals surface area contributed by atoms with Crippen LogP contribution in [0.25, 0.3) is 0 Å². The highest BCUT2D eigenvalue weighted by atomic mass is 16.1. The Balaban J connectivity index is 2.39. The third-order valence-corrected chi connectivity index (χ3v) is 3.41. The highest BCUT2D eigenvalue weighted by Gasteiger charge is 2.21. The molecule has 98 valence electrons. The summed E-state index contributed by atoms with van der Waals surface area (Å²) in [5.74, 6) is -0.156. The zero-order chi connectivity index (χ0) is 13.8. The van der Waals surface area contributed by atoms with Crippen LogP contribution in [0.2, 0.25) is 0 Å². The predicted octanol–water partition coefficient (Wildman–Crippen LogP) is 3.23. The van der Waals surface area contributed by atoms with E-state index in [0.29, 0.717) is 6.54 Å². The standard InChI is InChI=1S/C17H19NO/c1-12-8-9-13(2)15(10-12)17(19)16(11-18)14-6-4-3-5-7-14/h3-10,16H,11,18H2,1-2H3. The maximum atomic E-state index is 12.7. The molecule has 19 heavy (non-hydrogen) atoms. The number of hydrogen-bond donors (Lipinski definition) is 1. The first kappa shape index (κ1) is 13.5. The lowest BCUT2D eigenvalue weighted by Gasteiger charge is -2.16. The lowest BCUT2D eigenvalue weighted by atomic mass is 9.88. The first-order valence-electron chi connectivity index (χ1n) is 6.50. The van der Waals surface area contributed by atoms with E-state index >= 15 is 0 Å². The minimum atomic E-state index is -0.262. The first-order valence-corrected chi connectivity index (χ1v) is 6.50. The molecule has 0 aliphatic heterocycles. The third-order valence-electron chi connectivity index (χ3n) is 3.41. The van der Waals surface area contributed by atoms with E-state index in [9.17, 15) is 4.79 Å². The van der Waals surface area contributed by atoms with Gasteiger partial charge in [-0.05, 0) is 31.0 Å². The van der Waals surface area contributed by atoms with Crippen LogP contribution in [0, 0.1) is 13.8 Å². The normalized spacial score (nSPS) is 12.2. The molecule has 0 saturated heterocycles. The highest BCUT2D eigenvalue weighted by Crippen LogP contribution is 2.22. The van der Waals surface area contributed by atoms with Crippen LogP contribution in [-0.4, -0.2) is 12.3 Å². The van der Waals surface area contributed by atoms with E-state index in [2.05, 4.69) is 0 Å². The van der Waals surface area contributed by atoms with Crippen LogP contribution in [0.15, 0.2) is 48.5 Å². The van der Waals surface area contributed by atoms with Crippen LogP contribution in [0.3, 0.4) is 0 Å². The van der Waals surface area contributed by atoms with Gasteiger partial charge in [0.2, 0.25) is 0 Å². The van der Waals surface area contributed by atoms with Crippen molar-refractivity contribution >= 4 is 5.78 Å². The van der Waals surface area contributed by atoms with Crippen molar-refractivity contribution in [3.63, 3.8) is 0 Å². The van der Waals surface area contributed by atoms with Crippen molar-refractivity contribution in [2.24, 2.45) is 5.73 Å². The van der Waals surface area contributed by atoms with Gasteiger partial charge in [0, 0.05) is 12.1 Å². The number of carbonyl (C=O) groups is 1. The fraction of sp³-hybridized carbons (Fsp3) is 0.235. The van der Waals surface area contributed by atoms with E-state index in [1.807, 2.05) is 62.4 Å². The highest BCUT2D eigenvalue weighted by molar-refractivity contribution is 6.02. The summed E-state index contributed by atoms with van der Waals surface area (Å²) in [6, 6.07) is 15.7. The van der Waals surface area contributed by atoms with Crippen LogP contribution in [0.4, 0.5) is 0 Å². The number of aryl methyl sites for hydroxylation is 2. The second-order valence-corrected chi connectivity index (χ2v) is 4.88. The lowest BCUT2D eigenvalue weighted by molar-refractivity contribution is 0.0961. The summed E-state index contributed by atoms with van der Waals surface area (Å²) in [5, 5.41) is 0. The van der Waals surface area contributed by atoms with Gasteiger partial charge in [-0.2, -0.15) is 0 Å². The van der Waals surface area contributed by atoms with Crippen LogP contribution in [0.5, 0.6) is 0 Å². The number of ketones is 1. The Morgan fingerprint density at radius 3 is 2.42 bits per heavy atom. The Hall–Kier alpha value is -1.93. The topological polar surface area (TPSA) is 43.1 Å². The van der Waals surface area contributed by atoms with Crippen molar-refractivity contribution in [2.45, 2.75) is 19.8 Å². The van der Waals surface area contributed by atoms with Crippen LogP contribution in [0.1, 0.15) is 33.0 Å². The van der Waals surface area contributed by atoms with E-state index < -0.39 is 0 Å². The van der Waals surface area contributed by atoms with Crippen LogP contribution < -0.4 is 5.73 Å². The van der Waals surface area contributed by atoms with Crippen molar-refractivity contribution < 1.29 is 4.79 Å². The fourth-order valence-electron chi connectivity index (χ4n) is 2.27. The number of rotatable bonds is 4. The Labute approximate surface area is 114 Å². The minimum Gasteiger partial charge on any atom is -0.329 e. The summed E-state index contributed by atoms with van der Waals surface area (Å²) in [6.07, 6.45) is 0. The average Bonchev–Trinajstić information content (AvgIpc) is 2.43. The summed E-state index contributed by atoms with van der Waals surface area (Å²) in [4.78, 5) is 12.7. The van der Waals surface area contributed by atoms with Crippen LogP contribution >= 0.6 is 0 Å². The SMILES string of the molecule is Cc1ccc(C)c(C(=O)C(CN)c2ccccc2)c1. The fourth-order valence-corrected chi connectivity index (χ4v) is 2.27. The number of nitrogens with two attached hydrogens (primary N) is 1. The Kier molecular flexibility index (Phi) is 4.13. The van der Waals surface area contributed by atoms with Gasteiger partial charge in [-0.3, -0.25) is 4.79 Å². The van der Waals surface area contributed by atoms with E-state index in [1.165, 1.54) is 0 Å². The molecule has 2 aromatic carbocycles. The van der Waals surface area contributed by atoms with Crippen molar-refractivity contribution in [1.29, 1.82) is 0 Å². The molecule has 0 bridgehead atoms. The van der Waals surface area contributed by atoms with Gasteiger partial charge in [0.05, 0.1) is 5.92 Å². The second kappa shape index (κ2) is 5.81. The molecule has 0 fully saturated rings. The van der Waals surface area contributed by atoms with Gasteiger partial charge in [-0.15, -0.1) is 0 Å². The van der Waals surface area contributed by atoms with Gasteiger partial charge in [-0.25, -0.2) is 0 Å². The molecule has 0 radical (unpaired) electrons. The molecule has 2 heteroatoms. The molecule has 2 rings (SSSR count). The summed E-state index contributed by atoms with van der Waals surface area (Å²) in [5.41, 5.74) is 9.67. The molecule has 0 aromatic heterocycles. The van der Waals surface area contributed by atoms with Crippen LogP contribution in [-0.2, 0) is 0 Å². The maximum absolute atomic E-state index is 12.7. The largest absolute Gasteiger partial charge is 0.329 e. The van der Waals surface area contributed by atoms with Crippen molar-refractivity contribution in [1.82, 2.24) is 0 Å². The molecule has 0 amide bonds. The maximum Gasteiger partial charge on any atom is 0.171 e. The summed E-state index contributed by atoms with van der Waals surface area (Å²) in [7, 11) is 0. The third kappa shape index (κ3) is 2.91. The first-order chi connectivity index (χ1) is 9.13. The quantitative estimate of drug-likeness (QED) is 0.850. The van der Waals surface area contributed by atoms with Crippen molar-refractivity contribution in [3.8, 4) is 0 Å². The zero-order valence-electron chi connectivity index (χ0n) is 11.4. The number of Topliss-reactive ketones (excluding diaryl/α,β-unsaturated/α-hetero) is 1. The van der Waals surface area contributed by atoms with E-state index in [1.54, 1.807) is 0 Å². The molecule has 1 unspecified atom stereocenters. The number of carbonyl (C=O) groups excluding carboxylic acids is 1. The molecule has 0 spiro atoms. The van der Waals surface area contributed by atoms with Crippen molar-refractivity contribution in [2.75, 3.05) is 6.54 Å². The average molecular weight is 253 g/mol. The molecule has 0 aliphatic rings. The smallest absolute Gasteiger partial charge is 0.171 e. The molecule has 0 saturated carbocycles. The summed E-state index contributed by atoms with van der Waals surface area (Å²) < 4.78 is 0. The van der Waals surface area contributed by atoms with E-state index in [-0.39, 0.29) is 11.7 Å². The van der Waals surface area contributed by atoms with Gasteiger partial charge in [-0.1, -0.05) is 48.0 Å². The molecule has 2 aromatic rings. The predicted molar refractivity (Wildman–Crippen MR) is 78.5 cm³/mol. The Morgan fingerprint density at radius 1 is 1.11 bits per heavy atom. The number of benzene rings is 2. The summed E-state index contributed by atoms with van der Waals surface area (Å²) >= 11 is 0. The van der Waals surface area contributed by atoms with Gasteiger partial charge in [0.1, 0.15) is 0 Å². The molecule has 0 aliphatic carbocycles. The van der Waals surface area contributed by atoms with Gasteiger partial charge in [0.25, 0.3) is 0 Å². The molecular formula is C17H19NO. The second-order valence-electron chi connectivity index (χ2n) is 4.88. The monoisotopic (exact) mass is 253 g/mol. The number of hydrogen-bond acceptors (Lipinski definition) is 2. The van der Waals surface area contributed by atoms with Gasteiger partial charge >= 0.3 is 0 Å². The van der Waals surface area contributed by atoms with E-state index in [0.717, 1.165) is 22.3 Å². The zero-order valence-corrected chi connectivity index (χ0v) is 11.4. The molecule has 2 N–H and O–H groups in total. The Bertz CT molecular complexity index is 575. The summed E-state index contributed by atoms with van der Waals surface area (Å²) in [6.45, 7) is 4.29. The molecular weight excluding hydrogens is 234 g/mol.